The van der Waals surface area contributed by atoms with Crippen molar-refractivity contribution in [2.75, 3.05) is 11.9 Å². The Labute approximate surface area is 116 Å². The van der Waals surface area contributed by atoms with E-state index in [0.717, 1.165) is 12.1 Å². The van der Waals surface area contributed by atoms with Crippen molar-refractivity contribution in [2.24, 2.45) is 11.1 Å². The second-order valence-corrected chi connectivity index (χ2v) is 4.57. The zero-order valence-corrected chi connectivity index (χ0v) is 11.5. The smallest absolute Gasteiger partial charge is 0.272 e. The zero-order valence-electron chi connectivity index (χ0n) is 11.5. The Bertz CT molecular complexity index is 507. The molecule has 0 aliphatic rings. The van der Waals surface area contributed by atoms with Crippen molar-refractivity contribution in [3.8, 4) is 0 Å². The standard InChI is InChI=1S/C13H18FN3O3/c1-3-13(4-2,8-15)12(18)16-11-6-5-9(17(19)20)7-10(11)14/h5-7H,3-4,8,15H2,1-2H3,(H,16,18). The summed E-state index contributed by atoms with van der Waals surface area (Å²) in [6.07, 6.45) is 1.06. The maximum absolute atomic E-state index is 13.7. The lowest BCUT2D eigenvalue weighted by atomic mass is 9.81. The molecule has 20 heavy (non-hydrogen) atoms. The summed E-state index contributed by atoms with van der Waals surface area (Å²) in [6.45, 7) is 3.82. The maximum Gasteiger partial charge on any atom is 0.272 e. The largest absolute Gasteiger partial charge is 0.329 e. The molecule has 0 atom stereocenters. The average Bonchev–Trinajstić information content (AvgIpc) is 2.43. The number of amides is 1. The molecule has 0 radical (unpaired) electrons. The van der Waals surface area contributed by atoms with E-state index in [1.54, 1.807) is 0 Å². The van der Waals surface area contributed by atoms with Gasteiger partial charge in [0.1, 0.15) is 0 Å². The van der Waals surface area contributed by atoms with Gasteiger partial charge in [0, 0.05) is 12.6 Å². The van der Waals surface area contributed by atoms with Gasteiger partial charge in [-0.25, -0.2) is 4.39 Å². The van der Waals surface area contributed by atoms with Crippen molar-refractivity contribution < 1.29 is 14.1 Å². The Balaban J connectivity index is 2.99. The summed E-state index contributed by atoms with van der Waals surface area (Å²) < 4.78 is 13.7. The van der Waals surface area contributed by atoms with Gasteiger partial charge in [0.25, 0.3) is 5.69 Å². The lowest BCUT2D eigenvalue weighted by molar-refractivity contribution is -0.385. The molecule has 7 heteroatoms. The molecule has 1 amide bonds. The second-order valence-electron chi connectivity index (χ2n) is 4.57. The van der Waals surface area contributed by atoms with E-state index in [-0.39, 0.29) is 23.8 Å². The van der Waals surface area contributed by atoms with Crippen LogP contribution in [0.5, 0.6) is 0 Å². The molecule has 0 aliphatic heterocycles. The number of carbonyl (C=O) groups is 1. The molecule has 0 bridgehead atoms. The van der Waals surface area contributed by atoms with Crippen molar-refractivity contribution in [1.29, 1.82) is 0 Å². The monoisotopic (exact) mass is 283 g/mol. The van der Waals surface area contributed by atoms with Crippen LogP contribution in [0.25, 0.3) is 0 Å². The number of benzene rings is 1. The topological polar surface area (TPSA) is 98.3 Å². The number of nitrogens with zero attached hydrogens (tertiary/aromatic N) is 1. The molecule has 6 nitrogen and oxygen atoms in total. The van der Waals surface area contributed by atoms with Gasteiger partial charge in [0.15, 0.2) is 5.82 Å². The highest BCUT2D eigenvalue weighted by Crippen LogP contribution is 2.28. The van der Waals surface area contributed by atoms with Crippen LogP contribution in [0, 0.1) is 21.3 Å². The molecule has 0 heterocycles. The molecule has 0 saturated heterocycles. The molecular formula is C13H18FN3O3. The van der Waals surface area contributed by atoms with Crippen LogP contribution in [0.3, 0.4) is 0 Å². The first-order chi connectivity index (χ1) is 9.40. The van der Waals surface area contributed by atoms with Crippen LogP contribution in [-0.2, 0) is 4.79 Å². The molecule has 110 valence electrons. The fraction of sp³-hybridized carbons (Fsp3) is 0.462. The van der Waals surface area contributed by atoms with E-state index in [1.807, 2.05) is 13.8 Å². The van der Waals surface area contributed by atoms with Crippen LogP contribution in [0.4, 0.5) is 15.8 Å². The quantitative estimate of drug-likeness (QED) is 0.618. The fourth-order valence-electron chi connectivity index (χ4n) is 1.93. The number of nitro groups is 1. The number of nitrogens with one attached hydrogen (secondary N) is 1. The molecule has 1 rings (SSSR count). The van der Waals surface area contributed by atoms with E-state index in [9.17, 15) is 19.3 Å². The van der Waals surface area contributed by atoms with Gasteiger partial charge < -0.3 is 11.1 Å². The number of hydrogen-bond donors (Lipinski definition) is 2. The second kappa shape index (κ2) is 6.42. The van der Waals surface area contributed by atoms with Gasteiger partial charge in [0.05, 0.1) is 22.1 Å². The number of anilines is 1. The first kappa shape index (κ1) is 16.0. The number of carbonyl (C=O) groups excluding carboxylic acids is 1. The van der Waals surface area contributed by atoms with Crippen LogP contribution < -0.4 is 11.1 Å². The number of nitro benzene ring substituents is 1. The zero-order chi connectivity index (χ0) is 15.3. The lowest BCUT2D eigenvalue weighted by Gasteiger charge is -2.28. The van der Waals surface area contributed by atoms with E-state index in [4.69, 9.17) is 5.73 Å². The number of nitrogens with two attached hydrogens (primary N) is 1. The Hall–Kier alpha value is -2.02. The number of non-ortho nitro benzene ring substituents is 1. The molecular weight excluding hydrogens is 265 g/mol. The fourth-order valence-corrected chi connectivity index (χ4v) is 1.93. The first-order valence-corrected chi connectivity index (χ1v) is 6.35. The Morgan fingerprint density at radius 1 is 1.45 bits per heavy atom. The van der Waals surface area contributed by atoms with Crippen LogP contribution in [0.15, 0.2) is 18.2 Å². The predicted octanol–water partition coefficient (Wildman–Crippen LogP) is 2.44. The van der Waals surface area contributed by atoms with Crippen molar-refractivity contribution >= 4 is 17.3 Å². The van der Waals surface area contributed by atoms with Gasteiger partial charge in [-0.05, 0) is 18.9 Å². The minimum atomic E-state index is -0.842. The van der Waals surface area contributed by atoms with E-state index >= 15 is 0 Å². The summed E-state index contributed by atoms with van der Waals surface area (Å²) in [6, 6.07) is 3.09. The Morgan fingerprint density at radius 3 is 2.45 bits per heavy atom. The van der Waals surface area contributed by atoms with E-state index in [2.05, 4.69) is 5.32 Å². The molecule has 0 aliphatic carbocycles. The highest BCUT2D eigenvalue weighted by Gasteiger charge is 2.33. The molecule has 0 aromatic heterocycles. The first-order valence-electron chi connectivity index (χ1n) is 6.35. The maximum atomic E-state index is 13.7. The van der Waals surface area contributed by atoms with Gasteiger partial charge in [-0.2, -0.15) is 0 Å². The number of halogens is 1. The molecule has 1 aromatic carbocycles. The minimum Gasteiger partial charge on any atom is -0.329 e. The molecule has 0 fully saturated rings. The molecule has 0 spiro atoms. The molecule has 0 saturated carbocycles. The highest BCUT2D eigenvalue weighted by molar-refractivity contribution is 5.95. The lowest BCUT2D eigenvalue weighted by Crippen LogP contribution is -2.41. The van der Waals surface area contributed by atoms with E-state index < -0.39 is 16.2 Å². The van der Waals surface area contributed by atoms with Crippen LogP contribution in [-0.4, -0.2) is 17.4 Å². The van der Waals surface area contributed by atoms with Crippen LogP contribution >= 0.6 is 0 Å². The Morgan fingerprint density at radius 2 is 2.05 bits per heavy atom. The number of rotatable bonds is 6. The Kier molecular flexibility index (Phi) is 5.15. The van der Waals surface area contributed by atoms with Gasteiger partial charge in [0.2, 0.25) is 5.91 Å². The van der Waals surface area contributed by atoms with Gasteiger partial charge >= 0.3 is 0 Å². The van der Waals surface area contributed by atoms with Crippen molar-refractivity contribution in [1.82, 2.24) is 0 Å². The van der Waals surface area contributed by atoms with Crippen molar-refractivity contribution in [3.63, 3.8) is 0 Å². The van der Waals surface area contributed by atoms with Gasteiger partial charge in [-0.3, -0.25) is 14.9 Å². The third-order valence-corrected chi connectivity index (χ3v) is 3.64. The van der Waals surface area contributed by atoms with Crippen LogP contribution in [0.2, 0.25) is 0 Å². The minimum absolute atomic E-state index is 0.0830. The summed E-state index contributed by atoms with van der Waals surface area (Å²) >= 11 is 0. The highest BCUT2D eigenvalue weighted by atomic mass is 19.1. The normalized spacial score (nSPS) is 11.2. The summed E-state index contributed by atoms with van der Waals surface area (Å²) in [5.41, 5.74) is 4.44. The van der Waals surface area contributed by atoms with E-state index in [1.165, 1.54) is 6.07 Å². The summed E-state index contributed by atoms with van der Waals surface area (Å²) in [5, 5.41) is 13.0. The van der Waals surface area contributed by atoms with Crippen molar-refractivity contribution in [2.45, 2.75) is 26.7 Å². The summed E-state index contributed by atoms with van der Waals surface area (Å²) in [5.74, 6) is -1.22. The van der Waals surface area contributed by atoms with Gasteiger partial charge in [-0.1, -0.05) is 13.8 Å². The van der Waals surface area contributed by atoms with Gasteiger partial charge in [-0.15, -0.1) is 0 Å². The SMILES string of the molecule is CCC(CC)(CN)C(=O)Nc1ccc([N+](=O)[O-])cc1F. The van der Waals surface area contributed by atoms with Crippen LogP contribution in [0.1, 0.15) is 26.7 Å². The summed E-state index contributed by atoms with van der Waals surface area (Å²) in [4.78, 5) is 22.0. The third kappa shape index (κ3) is 3.11. The number of hydrogen-bond acceptors (Lipinski definition) is 4. The van der Waals surface area contributed by atoms with Crippen molar-refractivity contribution in [3.05, 3.63) is 34.1 Å². The summed E-state index contributed by atoms with van der Waals surface area (Å²) in [7, 11) is 0. The molecule has 0 unspecified atom stereocenters. The molecule has 3 N–H and O–H groups in total. The third-order valence-electron chi connectivity index (χ3n) is 3.64. The average molecular weight is 283 g/mol. The molecule has 1 aromatic rings. The van der Waals surface area contributed by atoms with E-state index in [0.29, 0.717) is 12.8 Å². The predicted molar refractivity (Wildman–Crippen MR) is 73.8 cm³/mol.